The Kier molecular flexibility index (Phi) is 3.77. The van der Waals surface area contributed by atoms with Crippen molar-refractivity contribution >= 4 is 0 Å². The third-order valence-electron chi connectivity index (χ3n) is 1.85. The Hall–Kier alpha value is -0.860. The summed E-state index contributed by atoms with van der Waals surface area (Å²) in [4.78, 5) is 0. The zero-order chi connectivity index (χ0) is 8.81. The van der Waals surface area contributed by atoms with Gasteiger partial charge in [0.15, 0.2) is 0 Å². The third-order valence-corrected chi connectivity index (χ3v) is 1.85. The molecule has 3 N–H and O–H groups in total. The predicted octanol–water partition coefficient (Wildman–Crippen LogP) is 1.12. The number of rotatable bonds is 4. The number of benzene rings is 1. The number of nitrogens with one attached hydrogen (secondary N) is 1. The summed E-state index contributed by atoms with van der Waals surface area (Å²) in [5, 5.41) is 3.32. The van der Waals surface area contributed by atoms with E-state index in [2.05, 4.69) is 24.4 Å². The maximum Gasteiger partial charge on any atom is 0.0208 e. The first-order valence-corrected chi connectivity index (χ1v) is 4.30. The zero-order valence-corrected chi connectivity index (χ0v) is 7.46. The van der Waals surface area contributed by atoms with Gasteiger partial charge in [0.2, 0.25) is 0 Å². The van der Waals surface area contributed by atoms with Crippen molar-refractivity contribution in [3.8, 4) is 0 Å². The Morgan fingerprint density at radius 2 is 2.00 bits per heavy atom. The summed E-state index contributed by atoms with van der Waals surface area (Å²) >= 11 is 0. The van der Waals surface area contributed by atoms with Gasteiger partial charge in [-0.3, -0.25) is 0 Å². The lowest BCUT2D eigenvalue weighted by molar-refractivity contribution is 0.556. The maximum absolute atomic E-state index is 5.47. The van der Waals surface area contributed by atoms with E-state index < -0.39 is 0 Å². The van der Waals surface area contributed by atoms with Gasteiger partial charge in [-0.2, -0.15) is 0 Å². The van der Waals surface area contributed by atoms with Crippen molar-refractivity contribution in [1.29, 1.82) is 0 Å². The van der Waals surface area contributed by atoms with Crippen LogP contribution >= 0.6 is 0 Å². The first-order valence-electron chi connectivity index (χ1n) is 4.30. The highest BCUT2D eigenvalue weighted by Crippen LogP contribution is 1.97. The van der Waals surface area contributed by atoms with Gasteiger partial charge in [0, 0.05) is 19.1 Å². The van der Waals surface area contributed by atoms with Crippen molar-refractivity contribution in [1.82, 2.24) is 5.32 Å². The van der Waals surface area contributed by atoms with Crippen molar-refractivity contribution < 1.29 is 0 Å². The fourth-order valence-corrected chi connectivity index (χ4v) is 0.971. The molecule has 2 nitrogen and oxygen atoms in total. The summed E-state index contributed by atoms with van der Waals surface area (Å²) in [6.45, 7) is 3.68. The summed E-state index contributed by atoms with van der Waals surface area (Å²) in [5.74, 6) is 0. The van der Waals surface area contributed by atoms with Crippen LogP contribution in [0, 0.1) is 0 Å². The summed E-state index contributed by atoms with van der Waals surface area (Å²) in [6.07, 6.45) is 0. The smallest absolute Gasteiger partial charge is 0.0208 e. The topological polar surface area (TPSA) is 38.0 Å². The molecule has 1 aromatic carbocycles. The van der Waals surface area contributed by atoms with Crippen LogP contribution in [0.5, 0.6) is 0 Å². The zero-order valence-electron chi connectivity index (χ0n) is 7.46. The van der Waals surface area contributed by atoms with Crippen LogP contribution in [0.3, 0.4) is 0 Å². The molecule has 0 saturated carbocycles. The van der Waals surface area contributed by atoms with Gasteiger partial charge in [0.1, 0.15) is 0 Å². The van der Waals surface area contributed by atoms with Crippen LogP contribution in [0.25, 0.3) is 0 Å². The Morgan fingerprint density at radius 1 is 1.33 bits per heavy atom. The van der Waals surface area contributed by atoms with Gasteiger partial charge >= 0.3 is 0 Å². The molecule has 66 valence electrons. The Labute approximate surface area is 73.8 Å². The molecule has 0 bridgehead atoms. The Bertz CT molecular complexity index is 208. The lowest BCUT2D eigenvalue weighted by atomic mass is 10.2. The van der Waals surface area contributed by atoms with E-state index in [-0.39, 0.29) is 0 Å². The minimum atomic E-state index is 0.394. The molecule has 0 radical (unpaired) electrons. The molecule has 0 aliphatic carbocycles. The second-order valence-electron chi connectivity index (χ2n) is 3.00. The van der Waals surface area contributed by atoms with E-state index in [0.717, 1.165) is 6.54 Å². The van der Waals surface area contributed by atoms with Crippen LogP contribution in [-0.2, 0) is 6.54 Å². The van der Waals surface area contributed by atoms with E-state index in [4.69, 9.17) is 5.73 Å². The molecule has 0 amide bonds. The maximum atomic E-state index is 5.47. The van der Waals surface area contributed by atoms with Crippen LogP contribution in [0.2, 0.25) is 0 Å². The van der Waals surface area contributed by atoms with Crippen LogP contribution in [0.1, 0.15) is 12.5 Å². The molecule has 0 aliphatic heterocycles. The van der Waals surface area contributed by atoms with E-state index in [9.17, 15) is 0 Å². The molecule has 0 saturated heterocycles. The van der Waals surface area contributed by atoms with E-state index >= 15 is 0 Å². The molecule has 1 atom stereocenters. The second-order valence-corrected chi connectivity index (χ2v) is 3.00. The van der Waals surface area contributed by atoms with Gasteiger partial charge in [-0.05, 0) is 12.5 Å². The highest BCUT2D eigenvalue weighted by molar-refractivity contribution is 5.14. The molecule has 0 aliphatic rings. The molecular formula is C10H16N2. The first kappa shape index (κ1) is 9.23. The largest absolute Gasteiger partial charge is 0.329 e. The molecule has 1 rings (SSSR count). The molecule has 0 unspecified atom stereocenters. The molecule has 0 fully saturated rings. The van der Waals surface area contributed by atoms with Gasteiger partial charge < -0.3 is 11.1 Å². The highest BCUT2D eigenvalue weighted by atomic mass is 14.9. The third kappa shape index (κ3) is 3.03. The normalized spacial score (nSPS) is 12.8. The minimum absolute atomic E-state index is 0.394. The molecule has 0 heterocycles. The van der Waals surface area contributed by atoms with Crippen LogP contribution in [0.15, 0.2) is 30.3 Å². The van der Waals surface area contributed by atoms with Gasteiger partial charge in [-0.15, -0.1) is 0 Å². The average molecular weight is 164 g/mol. The van der Waals surface area contributed by atoms with Gasteiger partial charge in [0.05, 0.1) is 0 Å². The van der Waals surface area contributed by atoms with Crippen LogP contribution in [0.4, 0.5) is 0 Å². The molecule has 2 heteroatoms. The number of nitrogens with two attached hydrogens (primary N) is 1. The van der Waals surface area contributed by atoms with Gasteiger partial charge in [-0.1, -0.05) is 30.3 Å². The average Bonchev–Trinajstić information content (AvgIpc) is 2.16. The predicted molar refractivity (Wildman–Crippen MR) is 51.8 cm³/mol. The van der Waals surface area contributed by atoms with Crippen LogP contribution < -0.4 is 11.1 Å². The quantitative estimate of drug-likeness (QED) is 0.700. The Balaban J connectivity index is 2.33. The number of hydrogen-bond donors (Lipinski definition) is 2. The summed E-state index contributed by atoms with van der Waals surface area (Å²) in [5.41, 5.74) is 6.78. The van der Waals surface area contributed by atoms with Crippen molar-refractivity contribution in [3.63, 3.8) is 0 Å². The molecule has 12 heavy (non-hydrogen) atoms. The second kappa shape index (κ2) is 4.91. The molecule has 0 spiro atoms. The van der Waals surface area contributed by atoms with Gasteiger partial charge in [-0.25, -0.2) is 0 Å². The van der Waals surface area contributed by atoms with Crippen molar-refractivity contribution in [3.05, 3.63) is 35.9 Å². The standard InChI is InChI=1S/C10H16N2/c1-9(7-11)12-8-10-5-3-2-4-6-10/h2-6,9,12H,7-8,11H2,1H3/t9-/m1/s1. The van der Waals surface area contributed by atoms with E-state index in [1.165, 1.54) is 5.56 Å². The van der Waals surface area contributed by atoms with Crippen LogP contribution in [-0.4, -0.2) is 12.6 Å². The fourth-order valence-electron chi connectivity index (χ4n) is 0.971. The highest BCUT2D eigenvalue weighted by Gasteiger charge is 1.96. The van der Waals surface area contributed by atoms with E-state index in [1.54, 1.807) is 0 Å². The van der Waals surface area contributed by atoms with E-state index in [0.29, 0.717) is 12.6 Å². The SMILES string of the molecule is C[C@H](CN)NCc1ccccc1. The van der Waals surface area contributed by atoms with Crippen molar-refractivity contribution in [2.24, 2.45) is 5.73 Å². The fraction of sp³-hybridized carbons (Fsp3) is 0.400. The summed E-state index contributed by atoms with van der Waals surface area (Å²) < 4.78 is 0. The lowest BCUT2D eigenvalue weighted by Crippen LogP contribution is -2.32. The van der Waals surface area contributed by atoms with Gasteiger partial charge in [0.25, 0.3) is 0 Å². The minimum Gasteiger partial charge on any atom is -0.329 e. The first-order chi connectivity index (χ1) is 5.83. The summed E-state index contributed by atoms with van der Waals surface area (Å²) in [6, 6.07) is 10.7. The molecular weight excluding hydrogens is 148 g/mol. The lowest BCUT2D eigenvalue weighted by Gasteiger charge is -2.10. The molecule has 0 aromatic heterocycles. The molecule has 1 aromatic rings. The summed E-state index contributed by atoms with van der Waals surface area (Å²) in [7, 11) is 0. The van der Waals surface area contributed by atoms with Crippen molar-refractivity contribution in [2.45, 2.75) is 19.5 Å². The number of hydrogen-bond acceptors (Lipinski definition) is 2. The Morgan fingerprint density at radius 3 is 2.58 bits per heavy atom. The van der Waals surface area contributed by atoms with Crippen molar-refractivity contribution in [2.75, 3.05) is 6.54 Å². The van der Waals surface area contributed by atoms with E-state index in [1.807, 2.05) is 18.2 Å². The monoisotopic (exact) mass is 164 g/mol.